The first-order chi connectivity index (χ1) is 8.29. The highest BCUT2D eigenvalue weighted by atomic mass is 16.3. The molecule has 2 heteroatoms. The highest BCUT2D eigenvalue weighted by Gasteiger charge is 2.29. The van der Waals surface area contributed by atoms with Gasteiger partial charge in [0.15, 0.2) is 0 Å². The zero-order valence-corrected chi connectivity index (χ0v) is 11.2. The van der Waals surface area contributed by atoms with Crippen molar-refractivity contribution in [2.45, 2.75) is 88.7 Å². The minimum absolute atomic E-state index is 0.388. The first-order valence-corrected chi connectivity index (χ1v) is 7.74. The summed E-state index contributed by atoms with van der Waals surface area (Å²) in [5.74, 6) is 0. The molecule has 17 heavy (non-hydrogen) atoms. The molecule has 2 rings (SSSR count). The molecule has 0 saturated heterocycles. The topological polar surface area (TPSA) is 32.3 Å². The molecular formula is C15H29NO. The Hall–Kier alpha value is -0.0800. The highest BCUT2D eigenvalue weighted by molar-refractivity contribution is 4.86. The van der Waals surface area contributed by atoms with Gasteiger partial charge in [-0.2, -0.15) is 0 Å². The van der Waals surface area contributed by atoms with Crippen molar-refractivity contribution in [1.82, 2.24) is 5.32 Å². The molecule has 2 fully saturated rings. The van der Waals surface area contributed by atoms with Crippen LogP contribution < -0.4 is 5.32 Å². The Bertz CT molecular complexity index is 203. The summed E-state index contributed by atoms with van der Waals surface area (Å²) in [5.41, 5.74) is -0.388. The second-order valence-corrected chi connectivity index (χ2v) is 6.21. The van der Waals surface area contributed by atoms with E-state index in [1.165, 1.54) is 64.2 Å². The molecule has 0 aromatic heterocycles. The molecule has 0 bridgehead atoms. The average Bonchev–Trinajstić information content (AvgIpc) is 2.28. The molecule has 0 amide bonds. The summed E-state index contributed by atoms with van der Waals surface area (Å²) in [7, 11) is 0. The van der Waals surface area contributed by atoms with Crippen molar-refractivity contribution < 1.29 is 5.11 Å². The van der Waals surface area contributed by atoms with Crippen LogP contribution in [0.4, 0.5) is 0 Å². The van der Waals surface area contributed by atoms with Crippen molar-refractivity contribution in [3.05, 3.63) is 0 Å². The Morgan fingerprint density at radius 2 is 1.35 bits per heavy atom. The van der Waals surface area contributed by atoms with Gasteiger partial charge in [-0.05, 0) is 25.7 Å². The number of hydrogen-bond donors (Lipinski definition) is 2. The lowest BCUT2D eigenvalue weighted by molar-refractivity contribution is 0.00199. The van der Waals surface area contributed by atoms with Gasteiger partial charge in [-0.15, -0.1) is 0 Å². The summed E-state index contributed by atoms with van der Waals surface area (Å²) in [5, 5.41) is 14.1. The maximum Gasteiger partial charge on any atom is 0.0771 e. The fourth-order valence-corrected chi connectivity index (χ4v) is 3.38. The van der Waals surface area contributed by atoms with Gasteiger partial charge in [0.25, 0.3) is 0 Å². The molecule has 0 atom stereocenters. The fraction of sp³-hybridized carbons (Fsp3) is 1.00. The largest absolute Gasteiger partial charge is 0.389 e. The van der Waals surface area contributed by atoms with Gasteiger partial charge in [0.05, 0.1) is 5.60 Å². The summed E-state index contributed by atoms with van der Waals surface area (Å²) in [6, 6.07) is 0.668. The van der Waals surface area contributed by atoms with E-state index in [0.29, 0.717) is 6.04 Å². The first kappa shape index (κ1) is 13.4. The van der Waals surface area contributed by atoms with Crippen LogP contribution in [0.5, 0.6) is 0 Å². The van der Waals surface area contributed by atoms with E-state index in [9.17, 15) is 5.11 Å². The van der Waals surface area contributed by atoms with Gasteiger partial charge in [0.2, 0.25) is 0 Å². The molecule has 2 aliphatic carbocycles. The molecule has 0 heterocycles. The quantitative estimate of drug-likeness (QED) is 0.791. The molecule has 0 aromatic rings. The third-order valence-electron chi connectivity index (χ3n) is 4.61. The fourth-order valence-electron chi connectivity index (χ4n) is 3.38. The highest BCUT2D eigenvalue weighted by Crippen LogP contribution is 2.28. The van der Waals surface area contributed by atoms with Crippen LogP contribution in [0.2, 0.25) is 0 Å². The summed E-state index contributed by atoms with van der Waals surface area (Å²) in [4.78, 5) is 0. The Labute approximate surface area is 106 Å². The predicted octanol–water partition coefficient (Wildman–Crippen LogP) is 3.38. The number of nitrogens with one attached hydrogen (secondary N) is 1. The van der Waals surface area contributed by atoms with Crippen LogP contribution in [-0.4, -0.2) is 23.3 Å². The minimum atomic E-state index is -0.388. The summed E-state index contributed by atoms with van der Waals surface area (Å²) in [6.45, 7) is 0.831. The van der Waals surface area contributed by atoms with Crippen LogP contribution in [-0.2, 0) is 0 Å². The molecule has 2 aliphatic rings. The smallest absolute Gasteiger partial charge is 0.0771 e. The van der Waals surface area contributed by atoms with Crippen LogP contribution in [0, 0.1) is 0 Å². The van der Waals surface area contributed by atoms with Crippen LogP contribution in [0.25, 0.3) is 0 Å². The van der Waals surface area contributed by atoms with Gasteiger partial charge < -0.3 is 10.4 Å². The van der Waals surface area contributed by atoms with E-state index >= 15 is 0 Å². The second-order valence-electron chi connectivity index (χ2n) is 6.21. The van der Waals surface area contributed by atoms with E-state index in [1.807, 2.05) is 0 Å². The van der Waals surface area contributed by atoms with E-state index in [-0.39, 0.29) is 5.60 Å². The van der Waals surface area contributed by atoms with Crippen LogP contribution in [0.1, 0.15) is 77.0 Å². The third-order valence-corrected chi connectivity index (χ3v) is 4.61. The van der Waals surface area contributed by atoms with Crippen LogP contribution >= 0.6 is 0 Å². The maximum atomic E-state index is 10.5. The SMILES string of the molecule is OC1(CNC2CCCCCCC2)CCCCC1. The van der Waals surface area contributed by atoms with Gasteiger partial charge in [-0.1, -0.05) is 51.4 Å². The number of hydrogen-bond acceptors (Lipinski definition) is 2. The Morgan fingerprint density at radius 1 is 0.824 bits per heavy atom. The molecular weight excluding hydrogens is 210 g/mol. The van der Waals surface area contributed by atoms with Gasteiger partial charge >= 0.3 is 0 Å². The molecule has 2 saturated carbocycles. The lowest BCUT2D eigenvalue weighted by Gasteiger charge is -2.34. The zero-order chi connectivity index (χ0) is 12.0. The summed E-state index contributed by atoms with van der Waals surface area (Å²) >= 11 is 0. The summed E-state index contributed by atoms with van der Waals surface area (Å²) in [6.07, 6.45) is 15.4. The molecule has 0 unspecified atom stereocenters. The predicted molar refractivity (Wildman–Crippen MR) is 72.1 cm³/mol. The molecule has 100 valence electrons. The molecule has 0 spiro atoms. The number of aliphatic hydroxyl groups is 1. The van der Waals surface area contributed by atoms with Crippen LogP contribution in [0.3, 0.4) is 0 Å². The minimum Gasteiger partial charge on any atom is -0.389 e. The number of rotatable bonds is 3. The lowest BCUT2D eigenvalue weighted by Crippen LogP contribution is -2.45. The Morgan fingerprint density at radius 3 is 2.00 bits per heavy atom. The van der Waals surface area contributed by atoms with E-state index < -0.39 is 0 Å². The van der Waals surface area contributed by atoms with E-state index in [2.05, 4.69) is 5.32 Å². The van der Waals surface area contributed by atoms with Crippen molar-refractivity contribution in [3.63, 3.8) is 0 Å². The molecule has 2 nitrogen and oxygen atoms in total. The van der Waals surface area contributed by atoms with E-state index in [4.69, 9.17) is 0 Å². The van der Waals surface area contributed by atoms with Gasteiger partial charge in [0.1, 0.15) is 0 Å². The van der Waals surface area contributed by atoms with Gasteiger partial charge in [0, 0.05) is 12.6 Å². The standard InChI is InChI=1S/C15H29NO/c17-15(11-7-4-8-12-15)13-16-14-9-5-2-1-3-6-10-14/h14,16-17H,1-13H2. The van der Waals surface area contributed by atoms with Crippen molar-refractivity contribution >= 4 is 0 Å². The Kier molecular flexibility index (Phi) is 5.30. The zero-order valence-electron chi connectivity index (χ0n) is 11.2. The average molecular weight is 239 g/mol. The van der Waals surface area contributed by atoms with Crippen LogP contribution in [0.15, 0.2) is 0 Å². The lowest BCUT2D eigenvalue weighted by atomic mass is 9.84. The van der Waals surface area contributed by atoms with E-state index in [0.717, 1.165) is 19.4 Å². The molecule has 0 radical (unpaired) electrons. The Balaban J connectivity index is 1.71. The summed E-state index contributed by atoms with van der Waals surface area (Å²) < 4.78 is 0. The van der Waals surface area contributed by atoms with Gasteiger partial charge in [-0.25, -0.2) is 0 Å². The van der Waals surface area contributed by atoms with Crippen molar-refractivity contribution in [1.29, 1.82) is 0 Å². The maximum absolute atomic E-state index is 10.5. The van der Waals surface area contributed by atoms with Crippen molar-refractivity contribution in [2.24, 2.45) is 0 Å². The second kappa shape index (κ2) is 6.75. The van der Waals surface area contributed by atoms with Crippen molar-refractivity contribution in [2.75, 3.05) is 6.54 Å². The van der Waals surface area contributed by atoms with Gasteiger partial charge in [-0.3, -0.25) is 0 Å². The molecule has 0 aliphatic heterocycles. The van der Waals surface area contributed by atoms with Crippen molar-refractivity contribution in [3.8, 4) is 0 Å². The monoisotopic (exact) mass is 239 g/mol. The molecule has 0 aromatic carbocycles. The third kappa shape index (κ3) is 4.59. The van der Waals surface area contributed by atoms with E-state index in [1.54, 1.807) is 0 Å². The normalized spacial score (nSPS) is 27.4. The first-order valence-electron chi connectivity index (χ1n) is 7.74. The molecule has 2 N–H and O–H groups in total.